The predicted molar refractivity (Wildman–Crippen MR) is 79.6 cm³/mol. The average molecular weight is 272 g/mol. The predicted octanol–water partition coefficient (Wildman–Crippen LogP) is 3.41. The lowest BCUT2D eigenvalue weighted by Crippen LogP contribution is -2.25. The molecule has 0 aliphatic carbocycles. The Morgan fingerprint density at radius 2 is 1.68 bits per heavy atom. The largest absolute Gasteiger partial charge is 0.335 e. The molecule has 2 aromatic carbocycles. The van der Waals surface area contributed by atoms with Crippen LogP contribution in [0.4, 0.5) is 11.4 Å². The Morgan fingerprint density at radius 3 is 2.32 bits per heavy atom. The maximum atomic E-state index is 11.0. The van der Waals surface area contributed by atoms with Crippen LogP contribution in [0.1, 0.15) is 5.56 Å². The van der Waals surface area contributed by atoms with Gasteiger partial charge in [-0.1, -0.05) is 42.5 Å². The van der Waals surface area contributed by atoms with E-state index in [0.717, 1.165) is 5.69 Å². The van der Waals surface area contributed by atoms with Crippen molar-refractivity contribution in [2.75, 3.05) is 11.9 Å². The van der Waals surface area contributed by atoms with Gasteiger partial charge in [-0.3, -0.25) is 10.1 Å². The molecule has 0 unspecified atom stereocenters. The minimum atomic E-state index is -0.416. The molecule has 0 saturated heterocycles. The smallest absolute Gasteiger partial charge is 0.279 e. The number of thiocarbonyl (C=S) groups is 1. The minimum Gasteiger partial charge on any atom is -0.335 e. The van der Waals surface area contributed by atoms with Crippen molar-refractivity contribution >= 4 is 28.6 Å². The van der Waals surface area contributed by atoms with E-state index in [4.69, 9.17) is 12.2 Å². The van der Waals surface area contributed by atoms with Crippen molar-refractivity contribution in [1.82, 2.24) is 0 Å². The van der Waals surface area contributed by atoms with Gasteiger partial charge in [0, 0.05) is 18.8 Å². The van der Waals surface area contributed by atoms with Gasteiger partial charge >= 0.3 is 0 Å². The lowest BCUT2D eigenvalue weighted by atomic mass is 10.1. The third-order valence-electron chi connectivity index (χ3n) is 2.78. The summed E-state index contributed by atoms with van der Waals surface area (Å²) >= 11 is 5.35. The normalized spacial score (nSPS) is 9.95. The molecule has 0 spiro atoms. The van der Waals surface area contributed by atoms with Gasteiger partial charge in [0.05, 0.1) is 10.5 Å². The van der Waals surface area contributed by atoms with Crippen molar-refractivity contribution in [2.45, 2.75) is 0 Å². The number of para-hydroxylation sites is 2. The third kappa shape index (κ3) is 2.77. The van der Waals surface area contributed by atoms with Crippen LogP contribution < -0.4 is 4.90 Å². The molecule has 5 heteroatoms. The number of nitrogens with zero attached hydrogens (tertiary/aromatic N) is 2. The highest BCUT2D eigenvalue weighted by atomic mass is 32.1. The van der Waals surface area contributed by atoms with E-state index in [1.54, 1.807) is 30.1 Å². The molecule has 0 bridgehead atoms. The number of hydrogen-bond acceptors (Lipinski definition) is 3. The van der Waals surface area contributed by atoms with Crippen molar-refractivity contribution < 1.29 is 4.92 Å². The van der Waals surface area contributed by atoms with Gasteiger partial charge in [-0.25, -0.2) is 0 Å². The number of nitro groups is 1. The fourth-order valence-electron chi connectivity index (χ4n) is 1.76. The van der Waals surface area contributed by atoms with E-state index in [0.29, 0.717) is 10.6 Å². The molecular weight excluding hydrogens is 260 g/mol. The monoisotopic (exact) mass is 272 g/mol. The lowest BCUT2D eigenvalue weighted by Gasteiger charge is -2.20. The summed E-state index contributed by atoms with van der Waals surface area (Å²) in [6.45, 7) is 0. The highest BCUT2D eigenvalue weighted by Gasteiger charge is 2.19. The van der Waals surface area contributed by atoms with E-state index < -0.39 is 4.92 Å². The first-order valence-electron chi connectivity index (χ1n) is 5.68. The Bertz CT molecular complexity index is 614. The topological polar surface area (TPSA) is 46.4 Å². The van der Waals surface area contributed by atoms with Gasteiger partial charge in [0.2, 0.25) is 0 Å². The van der Waals surface area contributed by atoms with Crippen molar-refractivity contribution in [2.24, 2.45) is 0 Å². The molecule has 0 aliphatic heterocycles. The van der Waals surface area contributed by atoms with Crippen LogP contribution in [0, 0.1) is 10.1 Å². The SMILES string of the molecule is CN(C(=S)c1ccccc1[N+](=O)[O-])c1ccccc1. The van der Waals surface area contributed by atoms with Gasteiger partial charge in [0.15, 0.2) is 0 Å². The fraction of sp³-hybridized carbons (Fsp3) is 0.0714. The summed E-state index contributed by atoms with van der Waals surface area (Å²) in [5.74, 6) is 0. The second kappa shape index (κ2) is 5.58. The second-order valence-electron chi connectivity index (χ2n) is 3.97. The van der Waals surface area contributed by atoms with Gasteiger partial charge in [0.1, 0.15) is 4.99 Å². The summed E-state index contributed by atoms with van der Waals surface area (Å²) in [4.78, 5) is 12.8. The summed E-state index contributed by atoms with van der Waals surface area (Å²) in [7, 11) is 1.80. The Hall–Kier alpha value is -2.27. The lowest BCUT2D eigenvalue weighted by molar-refractivity contribution is -0.385. The molecule has 0 aliphatic rings. The molecule has 2 aromatic rings. The molecule has 0 N–H and O–H groups in total. The van der Waals surface area contributed by atoms with Crippen LogP contribution in [0.2, 0.25) is 0 Å². The van der Waals surface area contributed by atoms with E-state index in [9.17, 15) is 10.1 Å². The molecule has 0 saturated carbocycles. The maximum absolute atomic E-state index is 11.0. The summed E-state index contributed by atoms with van der Waals surface area (Å²) in [6.07, 6.45) is 0. The van der Waals surface area contributed by atoms with E-state index >= 15 is 0 Å². The van der Waals surface area contributed by atoms with Crippen LogP contribution in [0.15, 0.2) is 54.6 Å². The van der Waals surface area contributed by atoms with Gasteiger partial charge in [0.25, 0.3) is 5.69 Å². The first-order valence-corrected chi connectivity index (χ1v) is 6.08. The zero-order valence-corrected chi connectivity index (χ0v) is 11.1. The van der Waals surface area contributed by atoms with Gasteiger partial charge in [-0.2, -0.15) is 0 Å². The van der Waals surface area contributed by atoms with Crippen molar-refractivity contribution in [3.05, 3.63) is 70.3 Å². The molecule has 4 nitrogen and oxygen atoms in total. The molecule has 0 aromatic heterocycles. The summed E-state index contributed by atoms with van der Waals surface area (Å²) < 4.78 is 0. The zero-order chi connectivity index (χ0) is 13.8. The first-order chi connectivity index (χ1) is 9.11. The third-order valence-corrected chi connectivity index (χ3v) is 3.27. The van der Waals surface area contributed by atoms with Crippen molar-refractivity contribution in [3.8, 4) is 0 Å². The molecule has 0 radical (unpaired) electrons. The van der Waals surface area contributed by atoms with E-state index in [2.05, 4.69) is 0 Å². The molecule has 0 atom stereocenters. The van der Waals surface area contributed by atoms with E-state index in [-0.39, 0.29) is 5.69 Å². The molecule has 2 rings (SSSR count). The second-order valence-corrected chi connectivity index (χ2v) is 4.36. The standard InChI is InChI=1S/C14H12N2O2S/c1-15(11-7-3-2-4-8-11)14(19)12-9-5-6-10-13(12)16(17)18/h2-10H,1H3. The average Bonchev–Trinajstić information content (AvgIpc) is 2.46. The summed E-state index contributed by atoms with van der Waals surface area (Å²) in [6, 6.07) is 16.0. The quantitative estimate of drug-likeness (QED) is 0.488. The number of benzene rings is 2. The molecular formula is C14H12N2O2S. The van der Waals surface area contributed by atoms with Crippen LogP contribution in [-0.4, -0.2) is 17.0 Å². The number of hydrogen-bond donors (Lipinski definition) is 0. The number of anilines is 1. The van der Waals surface area contributed by atoms with Gasteiger partial charge in [-0.05, 0) is 18.2 Å². The minimum absolute atomic E-state index is 0.0234. The summed E-state index contributed by atoms with van der Waals surface area (Å²) in [5, 5.41) is 11.0. The van der Waals surface area contributed by atoms with Crippen molar-refractivity contribution in [3.63, 3.8) is 0 Å². The molecule has 0 heterocycles. The van der Waals surface area contributed by atoms with E-state index in [1.165, 1.54) is 6.07 Å². The number of nitro benzene ring substituents is 1. The Balaban J connectivity index is 2.38. The molecule has 96 valence electrons. The highest BCUT2D eigenvalue weighted by molar-refractivity contribution is 7.81. The molecule has 19 heavy (non-hydrogen) atoms. The van der Waals surface area contributed by atoms with Gasteiger partial charge in [-0.15, -0.1) is 0 Å². The van der Waals surface area contributed by atoms with Gasteiger partial charge < -0.3 is 4.90 Å². The Morgan fingerprint density at radius 1 is 1.11 bits per heavy atom. The van der Waals surface area contributed by atoms with Crippen LogP contribution >= 0.6 is 12.2 Å². The highest BCUT2D eigenvalue weighted by Crippen LogP contribution is 2.22. The molecule has 0 fully saturated rings. The van der Waals surface area contributed by atoms with Crippen LogP contribution in [0.3, 0.4) is 0 Å². The Labute approximate surface area is 116 Å². The van der Waals surface area contributed by atoms with Crippen LogP contribution in [0.25, 0.3) is 0 Å². The summed E-state index contributed by atoms with van der Waals surface area (Å²) in [5.41, 5.74) is 1.37. The maximum Gasteiger partial charge on any atom is 0.279 e. The fourth-order valence-corrected chi connectivity index (χ4v) is 2.04. The van der Waals surface area contributed by atoms with Crippen LogP contribution in [-0.2, 0) is 0 Å². The zero-order valence-electron chi connectivity index (χ0n) is 10.3. The number of rotatable bonds is 3. The van der Waals surface area contributed by atoms with E-state index in [1.807, 2.05) is 30.3 Å². The van der Waals surface area contributed by atoms with Crippen molar-refractivity contribution in [1.29, 1.82) is 0 Å². The van der Waals surface area contributed by atoms with Crippen LogP contribution in [0.5, 0.6) is 0 Å². The first kappa shape index (κ1) is 13.2. The Kier molecular flexibility index (Phi) is 3.87. The molecule has 0 amide bonds.